The molecule has 3 rings (SSSR count). The van der Waals surface area contributed by atoms with Crippen LogP contribution in [0.5, 0.6) is 0 Å². The first-order chi connectivity index (χ1) is 10.2. The fourth-order valence-corrected chi connectivity index (χ4v) is 3.45. The predicted molar refractivity (Wildman–Crippen MR) is 86.9 cm³/mol. The van der Waals surface area contributed by atoms with Gasteiger partial charge in [0.05, 0.1) is 0 Å². The summed E-state index contributed by atoms with van der Waals surface area (Å²) < 4.78 is 0. The number of amides is 1. The quantitative estimate of drug-likeness (QED) is 0.897. The summed E-state index contributed by atoms with van der Waals surface area (Å²) in [6.45, 7) is 5.71. The van der Waals surface area contributed by atoms with E-state index in [2.05, 4.69) is 33.7 Å². The minimum absolute atomic E-state index is 0.0839. The predicted octanol–water partition coefficient (Wildman–Crippen LogP) is 2.40. The van der Waals surface area contributed by atoms with Gasteiger partial charge in [-0.05, 0) is 49.3 Å². The third-order valence-corrected chi connectivity index (χ3v) is 4.67. The molecular weight excluding hydrogens is 262 g/mol. The molecule has 0 bridgehead atoms. The van der Waals surface area contributed by atoms with Crippen molar-refractivity contribution in [1.82, 2.24) is 5.32 Å². The number of carbonyl (C=O) groups is 1. The van der Waals surface area contributed by atoms with Gasteiger partial charge in [0, 0.05) is 44.5 Å². The molecule has 0 radical (unpaired) electrons. The van der Waals surface area contributed by atoms with E-state index >= 15 is 0 Å². The van der Waals surface area contributed by atoms with E-state index in [0.29, 0.717) is 5.92 Å². The Morgan fingerprint density at radius 1 is 1.38 bits per heavy atom. The number of fused-ring (bicyclic) bond motifs is 1. The highest BCUT2D eigenvalue weighted by Gasteiger charge is 2.22. The second-order valence-corrected chi connectivity index (χ2v) is 6.20. The normalized spacial score (nSPS) is 18.8. The zero-order valence-electron chi connectivity index (χ0n) is 12.8. The number of benzene rings is 1. The number of rotatable bonds is 3. The molecule has 2 aliphatic heterocycles. The molecule has 0 aliphatic carbocycles. The highest BCUT2D eigenvalue weighted by molar-refractivity contribution is 5.72. The third-order valence-electron chi connectivity index (χ3n) is 4.67. The Kier molecular flexibility index (Phi) is 4.32. The average Bonchev–Trinajstić information content (AvgIpc) is 2.53. The number of hydrogen-bond acceptors (Lipinski definition) is 3. The Morgan fingerprint density at radius 3 is 2.95 bits per heavy atom. The molecule has 0 unspecified atom stereocenters. The van der Waals surface area contributed by atoms with E-state index in [1.54, 1.807) is 6.92 Å². The van der Waals surface area contributed by atoms with E-state index in [0.717, 1.165) is 39.0 Å². The van der Waals surface area contributed by atoms with Crippen LogP contribution in [-0.2, 0) is 11.2 Å². The van der Waals surface area contributed by atoms with Crippen molar-refractivity contribution >= 4 is 17.3 Å². The van der Waals surface area contributed by atoms with Gasteiger partial charge in [-0.15, -0.1) is 0 Å². The summed E-state index contributed by atoms with van der Waals surface area (Å²) >= 11 is 0. The van der Waals surface area contributed by atoms with Crippen molar-refractivity contribution in [2.75, 3.05) is 36.4 Å². The number of anilines is 2. The van der Waals surface area contributed by atoms with Crippen molar-refractivity contribution in [2.45, 2.75) is 32.6 Å². The smallest absolute Gasteiger partial charge is 0.216 e. The highest BCUT2D eigenvalue weighted by Crippen LogP contribution is 2.33. The molecule has 1 fully saturated rings. The summed E-state index contributed by atoms with van der Waals surface area (Å²) in [7, 11) is 0. The maximum atomic E-state index is 11.0. The van der Waals surface area contributed by atoms with Gasteiger partial charge in [-0.3, -0.25) is 4.79 Å². The molecule has 0 saturated carbocycles. The van der Waals surface area contributed by atoms with Crippen LogP contribution in [-0.4, -0.2) is 32.1 Å². The Hall–Kier alpha value is -1.71. The van der Waals surface area contributed by atoms with Gasteiger partial charge in [0.25, 0.3) is 0 Å². The lowest BCUT2D eigenvalue weighted by Crippen LogP contribution is -2.38. The lowest BCUT2D eigenvalue weighted by atomic mass is 9.94. The van der Waals surface area contributed by atoms with Crippen molar-refractivity contribution in [3.05, 3.63) is 23.8 Å². The molecule has 2 N–H and O–H groups in total. The van der Waals surface area contributed by atoms with Crippen molar-refractivity contribution < 1.29 is 4.79 Å². The van der Waals surface area contributed by atoms with Crippen LogP contribution in [0.1, 0.15) is 31.7 Å². The summed E-state index contributed by atoms with van der Waals surface area (Å²) in [5.41, 5.74) is 4.22. The van der Waals surface area contributed by atoms with E-state index < -0.39 is 0 Å². The number of carbonyl (C=O) groups excluding carboxylic acids is 1. The van der Waals surface area contributed by atoms with Crippen LogP contribution >= 0.6 is 0 Å². The Balaban J connectivity index is 1.63. The summed E-state index contributed by atoms with van der Waals surface area (Å²) in [6.07, 6.45) is 4.74. The van der Waals surface area contributed by atoms with Crippen molar-refractivity contribution in [3.8, 4) is 0 Å². The third kappa shape index (κ3) is 3.31. The summed E-state index contributed by atoms with van der Waals surface area (Å²) in [4.78, 5) is 13.5. The number of hydrogen-bond donors (Lipinski definition) is 2. The molecule has 1 aromatic rings. The molecule has 114 valence electrons. The van der Waals surface area contributed by atoms with E-state index in [4.69, 9.17) is 0 Å². The molecular formula is C17H25N3O. The van der Waals surface area contributed by atoms with Crippen LogP contribution in [0.4, 0.5) is 11.4 Å². The van der Waals surface area contributed by atoms with Gasteiger partial charge in [-0.25, -0.2) is 0 Å². The van der Waals surface area contributed by atoms with Crippen LogP contribution < -0.4 is 15.5 Å². The standard InChI is InChI=1S/C17H25N3O/c1-13(21)19-12-14-7-10-20(11-8-14)17-6-2-5-16-15(17)4-3-9-18-16/h2,5-6,14,18H,3-4,7-12H2,1H3,(H,19,21). The minimum Gasteiger partial charge on any atom is -0.385 e. The molecule has 1 saturated heterocycles. The average molecular weight is 287 g/mol. The molecule has 21 heavy (non-hydrogen) atoms. The van der Waals surface area contributed by atoms with Crippen LogP contribution in [0, 0.1) is 5.92 Å². The maximum Gasteiger partial charge on any atom is 0.216 e. The lowest BCUT2D eigenvalue weighted by Gasteiger charge is -2.36. The lowest BCUT2D eigenvalue weighted by molar-refractivity contribution is -0.119. The second kappa shape index (κ2) is 6.37. The molecule has 1 aromatic carbocycles. The van der Waals surface area contributed by atoms with Gasteiger partial charge in [-0.1, -0.05) is 6.07 Å². The van der Waals surface area contributed by atoms with Crippen LogP contribution in [0.2, 0.25) is 0 Å². The summed E-state index contributed by atoms with van der Waals surface area (Å²) in [5, 5.41) is 6.46. The molecule has 0 aromatic heterocycles. The van der Waals surface area contributed by atoms with Crippen LogP contribution in [0.3, 0.4) is 0 Å². The molecule has 1 amide bonds. The van der Waals surface area contributed by atoms with Gasteiger partial charge in [-0.2, -0.15) is 0 Å². The minimum atomic E-state index is 0.0839. The Bertz CT molecular complexity index is 507. The zero-order chi connectivity index (χ0) is 14.7. The summed E-state index contributed by atoms with van der Waals surface area (Å²) in [6, 6.07) is 6.62. The first-order valence-corrected chi connectivity index (χ1v) is 8.09. The van der Waals surface area contributed by atoms with E-state index in [9.17, 15) is 4.79 Å². The van der Waals surface area contributed by atoms with Gasteiger partial charge in [0.15, 0.2) is 0 Å². The first-order valence-electron chi connectivity index (χ1n) is 8.09. The van der Waals surface area contributed by atoms with E-state index in [1.807, 2.05) is 0 Å². The number of piperidine rings is 1. The van der Waals surface area contributed by atoms with Gasteiger partial charge in [0.2, 0.25) is 5.91 Å². The number of nitrogens with one attached hydrogen (secondary N) is 2. The van der Waals surface area contributed by atoms with Crippen molar-refractivity contribution in [2.24, 2.45) is 5.92 Å². The summed E-state index contributed by atoms with van der Waals surface area (Å²) in [5.74, 6) is 0.712. The molecule has 2 heterocycles. The first kappa shape index (κ1) is 14.2. The fraction of sp³-hybridized carbons (Fsp3) is 0.588. The largest absolute Gasteiger partial charge is 0.385 e. The van der Waals surface area contributed by atoms with Crippen molar-refractivity contribution in [3.63, 3.8) is 0 Å². The topological polar surface area (TPSA) is 44.4 Å². The zero-order valence-corrected chi connectivity index (χ0v) is 12.8. The molecule has 4 heteroatoms. The maximum absolute atomic E-state index is 11.0. The SMILES string of the molecule is CC(=O)NCC1CCN(c2cccc3c2CCCN3)CC1. The second-order valence-electron chi connectivity index (χ2n) is 6.20. The van der Waals surface area contributed by atoms with Crippen molar-refractivity contribution in [1.29, 1.82) is 0 Å². The Labute approximate surface area is 126 Å². The molecule has 2 aliphatic rings. The van der Waals surface area contributed by atoms with Crippen LogP contribution in [0.25, 0.3) is 0 Å². The van der Waals surface area contributed by atoms with E-state index in [-0.39, 0.29) is 5.91 Å². The monoisotopic (exact) mass is 287 g/mol. The van der Waals surface area contributed by atoms with E-state index in [1.165, 1.54) is 29.8 Å². The highest BCUT2D eigenvalue weighted by atomic mass is 16.1. The van der Waals surface area contributed by atoms with Gasteiger partial charge >= 0.3 is 0 Å². The van der Waals surface area contributed by atoms with Gasteiger partial charge < -0.3 is 15.5 Å². The molecule has 4 nitrogen and oxygen atoms in total. The number of nitrogens with zero attached hydrogens (tertiary/aromatic N) is 1. The Morgan fingerprint density at radius 2 is 2.19 bits per heavy atom. The van der Waals surface area contributed by atoms with Gasteiger partial charge in [0.1, 0.15) is 0 Å². The van der Waals surface area contributed by atoms with Crippen LogP contribution in [0.15, 0.2) is 18.2 Å². The molecule has 0 spiro atoms. The fourth-order valence-electron chi connectivity index (χ4n) is 3.45. The molecule has 0 atom stereocenters.